The van der Waals surface area contributed by atoms with E-state index in [1.165, 1.54) is 121 Å². The van der Waals surface area contributed by atoms with Crippen LogP contribution in [0.5, 0.6) is 5.75 Å². The molecule has 3 rings (SSSR count). The highest BCUT2D eigenvalue weighted by Crippen LogP contribution is 2.35. The highest BCUT2D eigenvalue weighted by Gasteiger charge is 2.21. The van der Waals surface area contributed by atoms with Gasteiger partial charge in [0.15, 0.2) is 0 Å². The van der Waals surface area contributed by atoms with Crippen LogP contribution in [0.1, 0.15) is 129 Å². The van der Waals surface area contributed by atoms with Crippen LogP contribution in [-0.2, 0) is 6.42 Å². The van der Waals surface area contributed by atoms with Crippen LogP contribution in [0.25, 0.3) is 0 Å². The maximum Gasteiger partial charge on any atom is 0.119 e. The molecule has 0 amide bonds. The smallest absolute Gasteiger partial charge is 0.119 e. The van der Waals surface area contributed by atoms with Crippen molar-refractivity contribution in [1.82, 2.24) is 0 Å². The second-order valence-corrected chi connectivity index (χ2v) is 11.2. The fourth-order valence-electron chi connectivity index (χ4n) is 6.39. The van der Waals surface area contributed by atoms with Crippen molar-refractivity contribution < 1.29 is 4.74 Å². The third-order valence-electron chi connectivity index (χ3n) is 8.64. The first-order chi connectivity index (χ1) is 15.8. The molecule has 1 aromatic carbocycles. The van der Waals surface area contributed by atoms with Gasteiger partial charge in [-0.1, -0.05) is 116 Å². The highest BCUT2D eigenvalue weighted by molar-refractivity contribution is 5.27. The van der Waals surface area contributed by atoms with Crippen LogP contribution >= 0.6 is 0 Å². The molecule has 0 saturated heterocycles. The molecule has 2 aliphatic rings. The molecule has 1 nitrogen and oxygen atoms in total. The lowest BCUT2D eigenvalue weighted by Crippen LogP contribution is -2.15. The van der Waals surface area contributed by atoms with Gasteiger partial charge in [0.05, 0.1) is 6.61 Å². The highest BCUT2D eigenvalue weighted by atomic mass is 16.5. The second-order valence-electron chi connectivity index (χ2n) is 11.2. The Hall–Kier alpha value is -0.980. The van der Waals surface area contributed by atoms with Crippen LogP contribution in [0, 0.1) is 23.7 Å². The minimum absolute atomic E-state index is 0.885. The van der Waals surface area contributed by atoms with Crippen LogP contribution in [-0.4, -0.2) is 6.61 Å². The summed E-state index contributed by atoms with van der Waals surface area (Å²) in [6.07, 6.45) is 25.5. The van der Waals surface area contributed by atoms with Gasteiger partial charge in [0, 0.05) is 0 Å². The molecule has 0 bridgehead atoms. The van der Waals surface area contributed by atoms with Gasteiger partial charge in [-0.2, -0.15) is 0 Å². The van der Waals surface area contributed by atoms with Crippen LogP contribution in [0.3, 0.4) is 0 Å². The van der Waals surface area contributed by atoms with Gasteiger partial charge in [0.1, 0.15) is 5.75 Å². The number of rotatable bonds is 14. The quantitative estimate of drug-likeness (QED) is 0.261. The van der Waals surface area contributed by atoms with Gasteiger partial charge in [-0.05, 0) is 67.1 Å². The van der Waals surface area contributed by atoms with E-state index in [4.69, 9.17) is 4.74 Å². The van der Waals surface area contributed by atoms with E-state index in [0.29, 0.717) is 0 Å². The Labute approximate surface area is 200 Å². The van der Waals surface area contributed by atoms with E-state index in [1.54, 1.807) is 0 Å². The normalized spacial score (nSPS) is 26.2. The van der Waals surface area contributed by atoms with Gasteiger partial charge < -0.3 is 4.74 Å². The summed E-state index contributed by atoms with van der Waals surface area (Å²) in [6.45, 7) is 5.53. The summed E-state index contributed by atoms with van der Waals surface area (Å²) < 4.78 is 6.06. The Bertz CT molecular complexity index is 575. The van der Waals surface area contributed by atoms with Crippen LogP contribution in [0.2, 0.25) is 0 Å². The van der Waals surface area contributed by atoms with Crippen molar-refractivity contribution in [3.8, 4) is 5.75 Å². The largest absolute Gasteiger partial charge is 0.494 e. The van der Waals surface area contributed by atoms with Gasteiger partial charge >= 0.3 is 0 Å². The van der Waals surface area contributed by atoms with Crippen molar-refractivity contribution in [2.75, 3.05) is 6.61 Å². The van der Waals surface area contributed by atoms with Gasteiger partial charge in [0.2, 0.25) is 0 Å². The van der Waals surface area contributed by atoms with Crippen LogP contribution in [0.15, 0.2) is 24.3 Å². The fraction of sp³-hybridized carbons (Fsp3) is 0.806. The number of benzene rings is 1. The topological polar surface area (TPSA) is 9.23 Å². The molecule has 0 spiro atoms. The molecular formula is C31H52O. The maximum absolute atomic E-state index is 6.06. The molecule has 0 aromatic heterocycles. The summed E-state index contributed by atoms with van der Waals surface area (Å²) in [6, 6.07) is 9.02. The molecule has 32 heavy (non-hydrogen) atoms. The SMILES string of the molecule is CCCCCC1CCC(CCc2ccc(OCCCC3CCC(CCC)CC3)cc2)CC1. The van der Waals surface area contributed by atoms with E-state index >= 15 is 0 Å². The average Bonchev–Trinajstić information content (AvgIpc) is 2.83. The standard InChI is InChI=1S/C31H52O/c1-3-5-6-9-27-15-17-29(18-16-27)19-20-30-21-23-31(24-22-30)32-25-7-10-28-13-11-26(8-4-2)12-14-28/h21-24,26-29H,3-20,25H2,1-2H3. The number of hydrogen-bond acceptors (Lipinski definition) is 1. The van der Waals surface area contributed by atoms with Gasteiger partial charge in [0.25, 0.3) is 0 Å². The average molecular weight is 441 g/mol. The first-order valence-electron chi connectivity index (χ1n) is 14.5. The molecule has 0 aliphatic heterocycles. The van der Waals surface area contributed by atoms with Gasteiger partial charge in [-0.25, -0.2) is 0 Å². The van der Waals surface area contributed by atoms with Crippen molar-refractivity contribution >= 4 is 0 Å². The Balaban J connectivity index is 1.23. The number of ether oxygens (including phenoxy) is 1. The first-order valence-corrected chi connectivity index (χ1v) is 14.5. The maximum atomic E-state index is 6.06. The molecule has 0 atom stereocenters. The summed E-state index contributed by atoms with van der Waals surface area (Å²) in [5.41, 5.74) is 1.49. The number of hydrogen-bond donors (Lipinski definition) is 0. The van der Waals surface area contributed by atoms with Gasteiger partial charge in [-0.15, -0.1) is 0 Å². The minimum atomic E-state index is 0.885. The zero-order chi connectivity index (χ0) is 22.4. The molecule has 1 aromatic rings. The van der Waals surface area contributed by atoms with Crippen LogP contribution in [0.4, 0.5) is 0 Å². The molecule has 0 radical (unpaired) electrons. The van der Waals surface area contributed by atoms with E-state index in [2.05, 4.69) is 38.1 Å². The Morgan fingerprint density at radius 1 is 0.594 bits per heavy atom. The minimum Gasteiger partial charge on any atom is -0.494 e. The van der Waals surface area contributed by atoms with E-state index in [0.717, 1.165) is 36.0 Å². The van der Waals surface area contributed by atoms with Crippen LogP contribution < -0.4 is 4.74 Å². The van der Waals surface area contributed by atoms with E-state index < -0.39 is 0 Å². The molecule has 0 heterocycles. The van der Waals surface area contributed by atoms with Crippen molar-refractivity contribution in [3.05, 3.63) is 29.8 Å². The van der Waals surface area contributed by atoms with Crippen molar-refractivity contribution in [2.45, 2.75) is 129 Å². The lowest BCUT2D eigenvalue weighted by atomic mass is 9.78. The molecule has 0 N–H and O–H groups in total. The third kappa shape index (κ3) is 9.48. The van der Waals surface area contributed by atoms with Gasteiger partial charge in [-0.3, -0.25) is 0 Å². The summed E-state index contributed by atoms with van der Waals surface area (Å²) in [4.78, 5) is 0. The molecule has 182 valence electrons. The monoisotopic (exact) mass is 440 g/mol. The fourth-order valence-corrected chi connectivity index (χ4v) is 6.39. The number of aryl methyl sites for hydroxylation is 1. The van der Waals surface area contributed by atoms with E-state index in [1.807, 2.05) is 0 Å². The van der Waals surface area contributed by atoms with E-state index in [-0.39, 0.29) is 0 Å². The first kappa shape index (κ1) is 25.6. The molecule has 0 unspecified atom stereocenters. The molecule has 2 saturated carbocycles. The van der Waals surface area contributed by atoms with Crippen molar-refractivity contribution in [3.63, 3.8) is 0 Å². The Morgan fingerprint density at radius 2 is 1.12 bits per heavy atom. The Kier molecular flexibility index (Phi) is 12.0. The predicted molar refractivity (Wildman–Crippen MR) is 139 cm³/mol. The lowest BCUT2D eigenvalue weighted by Gasteiger charge is -2.28. The summed E-state index contributed by atoms with van der Waals surface area (Å²) in [5.74, 6) is 5.04. The van der Waals surface area contributed by atoms with Crippen molar-refractivity contribution in [1.29, 1.82) is 0 Å². The summed E-state index contributed by atoms with van der Waals surface area (Å²) >= 11 is 0. The third-order valence-corrected chi connectivity index (χ3v) is 8.64. The predicted octanol–water partition coefficient (Wildman–Crippen LogP) is 9.77. The zero-order valence-electron chi connectivity index (χ0n) is 21.5. The molecular weight excluding hydrogens is 388 g/mol. The second kappa shape index (κ2) is 15.0. The molecule has 2 aliphatic carbocycles. The lowest BCUT2D eigenvalue weighted by molar-refractivity contribution is 0.230. The Morgan fingerprint density at radius 3 is 1.69 bits per heavy atom. The zero-order valence-corrected chi connectivity index (χ0v) is 21.5. The summed E-state index contributed by atoms with van der Waals surface area (Å²) in [7, 11) is 0. The van der Waals surface area contributed by atoms with E-state index in [9.17, 15) is 0 Å². The summed E-state index contributed by atoms with van der Waals surface area (Å²) in [5, 5.41) is 0. The molecule has 1 heteroatoms. The molecule has 2 fully saturated rings. The number of unbranched alkanes of at least 4 members (excludes halogenated alkanes) is 2. The van der Waals surface area contributed by atoms with Crippen molar-refractivity contribution in [2.24, 2.45) is 23.7 Å².